The summed E-state index contributed by atoms with van der Waals surface area (Å²) in [5.74, 6) is 1.90. The molecule has 4 rings (SSSR count). The van der Waals surface area contributed by atoms with Crippen molar-refractivity contribution in [1.82, 2.24) is 15.0 Å². The molecule has 0 aliphatic carbocycles. The van der Waals surface area contributed by atoms with Crippen molar-refractivity contribution >= 4 is 11.6 Å². The second-order valence-electron chi connectivity index (χ2n) is 7.62. The number of aromatic nitrogens is 2. The second-order valence-corrected chi connectivity index (χ2v) is 7.62. The zero-order valence-electron chi connectivity index (χ0n) is 17.3. The van der Waals surface area contributed by atoms with Crippen molar-refractivity contribution in [2.75, 3.05) is 25.5 Å². The summed E-state index contributed by atoms with van der Waals surface area (Å²) in [7, 11) is 1.61. The monoisotopic (exact) mass is 406 g/mol. The predicted octanol–water partition coefficient (Wildman–Crippen LogP) is 3.90. The van der Waals surface area contributed by atoms with Crippen molar-refractivity contribution in [2.45, 2.75) is 26.3 Å². The lowest BCUT2D eigenvalue weighted by Crippen LogP contribution is -2.37. The molecule has 0 atom stereocenters. The number of nitrogens with zero attached hydrogens (tertiary/aromatic N) is 3. The van der Waals surface area contributed by atoms with E-state index in [9.17, 15) is 4.79 Å². The van der Waals surface area contributed by atoms with Gasteiger partial charge in [0.15, 0.2) is 0 Å². The number of rotatable bonds is 6. The molecule has 7 nitrogen and oxygen atoms in total. The lowest BCUT2D eigenvalue weighted by atomic mass is 9.95. The van der Waals surface area contributed by atoms with Crippen molar-refractivity contribution < 1.29 is 14.1 Å². The fourth-order valence-corrected chi connectivity index (χ4v) is 3.72. The summed E-state index contributed by atoms with van der Waals surface area (Å²) >= 11 is 0. The van der Waals surface area contributed by atoms with Crippen LogP contribution in [0.5, 0.6) is 5.75 Å². The third-order valence-electron chi connectivity index (χ3n) is 5.43. The molecule has 0 saturated carbocycles. The van der Waals surface area contributed by atoms with E-state index in [-0.39, 0.29) is 11.8 Å². The molecule has 3 aromatic rings. The van der Waals surface area contributed by atoms with Crippen LogP contribution in [0.2, 0.25) is 0 Å². The number of hydrogen-bond donors (Lipinski definition) is 1. The highest BCUT2D eigenvalue weighted by Gasteiger charge is 2.26. The minimum absolute atomic E-state index is 0.0194. The maximum atomic E-state index is 12.7. The van der Waals surface area contributed by atoms with E-state index in [1.807, 2.05) is 55.5 Å². The van der Waals surface area contributed by atoms with E-state index in [0.717, 1.165) is 42.7 Å². The number of nitrogens with one attached hydrogen (secondary N) is 1. The predicted molar refractivity (Wildman–Crippen MR) is 114 cm³/mol. The minimum Gasteiger partial charge on any atom is -0.495 e. The van der Waals surface area contributed by atoms with Gasteiger partial charge in [0.1, 0.15) is 5.75 Å². The first-order valence-electron chi connectivity index (χ1n) is 10.2. The number of methoxy groups -OCH3 is 1. The number of benzene rings is 2. The number of likely N-dealkylation sites (tertiary alicyclic amines) is 1. The molecule has 1 aliphatic heterocycles. The number of ether oxygens (including phenoxy) is 1. The molecule has 1 fully saturated rings. The minimum atomic E-state index is -0.0194. The van der Waals surface area contributed by atoms with Gasteiger partial charge in [0.25, 0.3) is 0 Å². The Morgan fingerprint density at radius 2 is 1.97 bits per heavy atom. The molecule has 30 heavy (non-hydrogen) atoms. The van der Waals surface area contributed by atoms with Gasteiger partial charge >= 0.3 is 0 Å². The van der Waals surface area contributed by atoms with Crippen LogP contribution in [0.25, 0.3) is 11.4 Å². The molecular weight excluding hydrogens is 380 g/mol. The van der Waals surface area contributed by atoms with Gasteiger partial charge in [-0.05, 0) is 50.6 Å². The third kappa shape index (κ3) is 4.68. The first-order chi connectivity index (χ1) is 14.6. The Bertz CT molecular complexity index is 995. The van der Waals surface area contributed by atoms with Crippen LogP contribution < -0.4 is 10.1 Å². The van der Waals surface area contributed by atoms with Gasteiger partial charge in [-0.2, -0.15) is 4.98 Å². The number of piperidine rings is 1. The van der Waals surface area contributed by atoms with Crippen LogP contribution in [-0.2, 0) is 11.3 Å². The van der Waals surface area contributed by atoms with E-state index in [4.69, 9.17) is 9.26 Å². The van der Waals surface area contributed by atoms with E-state index < -0.39 is 0 Å². The van der Waals surface area contributed by atoms with Crippen LogP contribution in [0.1, 0.15) is 24.3 Å². The van der Waals surface area contributed by atoms with Crippen molar-refractivity contribution in [3.63, 3.8) is 0 Å². The van der Waals surface area contributed by atoms with E-state index in [1.165, 1.54) is 0 Å². The Balaban J connectivity index is 1.30. The van der Waals surface area contributed by atoms with Gasteiger partial charge in [-0.25, -0.2) is 0 Å². The van der Waals surface area contributed by atoms with Gasteiger partial charge in [-0.1, -0.05) is 41.6 Å². The van der Waals surface area contributed by atoms with Crippen molar-refractivity contribution in [2.24, 2.45) is 5.92 Å². The molecule has 0 spiro atoms. The molecule has 1 aliphatic rings. The normalized spacial score (nSPS) is 15.1. The first kappa shape index (κ1) is 20.1. The fraction of sp³-hybridized carbons (Fsp3) is 0.348. The number of aryl methyl sites for hydroxylation is 1. The van der Waals surface area contributed by atoms with Gasteiger partial charge in [0, 0.05) is 11.5 Å². The number of carbonyl (C=O) groups excluding carboxylic acids is 1. The molecular formula is C23H26N4O3. The zero-order valence-corrected chi connectivity index (χ0v) is 17.3. The maximum Gasteiger partial charge on any atom is 0.241 e. The van der Waals surface area contributed by atoms with E-state index >= 15 is 0 Å². The standard InChI is InChI=1S/C23H26N4O3/c1-16-8-9-20(29-2)19(14-16)24-23(28)18-10-12-27(13-11-18)15-21-25-22(26-30-21)17-6-4-3-5-7-17/h3-9,14,18H,10-13,15H2,1-2H3,(H,24,28). The Labute approximate surface area is 176 Å². The summed E-state index contributed by atoms with van der Waals surface area (Å²) in [6, 6.07) is 15.6. The van der Waals surface area contributed by atoms with Crippen LogP contribution in [0.15, 0.2) is 53.1 Å². The van der Waals surface area contributed by atoms with Gasteiger partial charge < -0.3 is 14.6 Å². The van der Waals surface area contributed by atoms with Crippen molar-refractivity contribution in [3.8, 4) is 17.1 Å². The third-order valence-corrected chi connectivity index (χ3v) is 5.43. The average Bonchev–Trinajstić information content (AvgIpc) is 3.23. The fourth-order valence-electron chi connectivity index (χ4n) is 3.72. The summed E-state index contributed by atoms with van der Waals surface area (Å²) < 4.78 is 10.8. The molecule has 2 aromatic carbocycles. The van der Waals surface area contributed by atoms with Crippen LogP contribution in [0.4, 0.5) is 5.69 Å². The van der Waals surface area contributed by atoms with E-state index in [2.05, 4.69) is 20.4 Å². The zero-order chi connectivity index (χ0) is 20.9. The Hall–Kier alpha value is -3.19. The summed E-state index contributed by atoms with van der Waals surface area (Å²) in [6.45, 7) is 4.21. The summed E-state index contributed by atoms with van der Waals surface area (Å²) in [5, 5.41) is 7.11. The number of amides is 1. The van der Waals surface area contributed by atoms with Crippen molar-refractivity contribution in [3.05, 3.63) is 60.0 Å². The van der Waals surface area contributed by atoms with Gasteiger partial charge in [0.05, 0.1) is 19.3 Å². The first-order valence-corrected chi connectivity index (χ1v) is 10.2. The molecule has 156 valence electrons. The number of anilines is 1. The highest BCUT2D eigenvalue weighted by molar-refractivity contribution is 5.94. The van der Waals surface area contributed by atoms with Crippen LogP contribution >= 0.6 is 0 Å². The summed E-state index contributed by atoms with van der Waals surface area (Å²) in [6.07, 6.45) is 1.58. The molecule has 1 amide bonds. The lowest BCUT2D eigenvalue weighted by molar-refractivity contribution is -0.121. The van der Waals surface area contributed by atoms with E-state index in [1.54, 1.807) is 7.11 Å². The van der Waals surface area contributed by atoms with Crippen LogP contribution in [0, 0.1) is 12.8 Å². The van der Waals surface area contributed by atoms with Crippen molar-refractivity contribution in [1.29, 1.82) is 0 Å². The van der Waals surface area contributed by atoms with Gasteiger partial charge in [-0.3, -0.25) is 9.69 Å². The van der Waals surface area contributed by atoms with E-state index in [0.29, 0.717) is 24.0 Å². The maximum absolute atomic E-state index is 12.7. The molecule has 0 radical (unpaired) electrons. The quantitative estimate of drug-likeness (QED) is 0.669. The molecule has 0 unspecified atom stereocenters. The molecule has 1 aromatic heterocycles. The average molecular weight is 406 g/mol. The Kier molecular flexibility index (Phi) is 6.09. The summed E-state index contributed by atoms with van der Waals surface area (Å²) in [4.78, 5) is 19.5. The topological polar surface area (TPSA) is 80.5 Å². The summed E-state index contributed by atoms with van der Waals surface area (Å²) in [5.41, 5.74) is 2.74. The van der Waals surface area contributed by atoms with Gasteiger partial charge in [0.2, 0.25) is 17.6 Å². The Morgan fingerprint density at radius 3 is 2.70 bits per heavy atom. The number of carbonyl (C=O) groups is 1. The van der Waals surface area contributed by atoms with Gasteiger partial charge in [-0.15, -0.1) is 0 Å². The largest absolute Gasteiger partial charge is 0.495 e. The molecule has 2 heterocycles. The smallest absolute Gasteiger partial charge is 0.241 e. The van der Waals surface area contributed by atoms with Crippen LogP contribution in [0.3, 0.4) is 0 Å². The molecule has 0 bridgehead atoms. The highest BCUT2D eigenvalue weighted by Crippen LogP contribution is 2.27. The Morgan fingerprint density at radius 1 is 1.20 bits per heavy atom. The molecule has 1 N–H and O–H groups in total. The SMILES string of the molecule is COc1ccc(C)cc1NC(=O)C1CCN(Cc2nc(-c3ccccc3)no2)CC1. The second kappa shape index (κ2) is 9.09. The highest BCUT2D eigenvalue weighted by atomic mass is 16.5. The number of hydrogen-bond acceptors (Lipinski definition) is 6. The molecule has 7 heteroatoms. The lowest BCUT2D eigenvalue weighted by Gasteiger charge is -2.30. The molecule has 1 saturated heterocycles. The van der Waals surface area contributed by atoms with Crippen LogP contribution in [-0.4, -0.2) is 41.1 Å².